The molecule has 1 aliphatic rings. The zero-order valence-corrected chi connectivity index (χ0v) is 4.28. The molecule has 0 unspecified atom stereocenters. The van der Waals surface area contributed by atoms with Crippen LogP contribution in [0.25, 0.3) is 0 Å². The molecule has 0 aromatic heterocycles. The Labute approximate surface area is 44.0 Å². The Morgan fingerprint density at radius 3 is 2.43 bits per heavy atom. The summed E-state index contributed by atoms with van der Waals surface area (Å²) in [7, 11) is 0. The minimum Gasteiger partial charge on any atom is -0.198 e. The molecule has 0 heterocycles. The molecule has 0 aromatic rings. The van der Waals surface area contributed by atoms with Crippen molar-refractivity contribution in [3.8, 4) is 6.07 Å². The SMILES string of the molecule is [CH2]C1(CC#N)CC1. The van der Waals surface area contributed by atoms with Crippen LogP contribution >= 0.6 is 0 Å². The first-order chi connectivity index (χ1) is 3.27. The van der Waals surface area contributed by atoms with E-state index >= 15 is 0 Å². The Morgan fingerprint density at radius 1 is 1.71 bits per heavy atom. The molecule has 0 bridgehead atoms. The highest BCUT2D eigenvalue weighted by Crippen LogP contribution is 2.47. The first kappa shape index (κ1) is 4.64. The van der Waals surface area contributed by atoms with Gasteiger partial charge in [-0.3, -0.25) is 0 Å². The van der Waals surface area contributed by atoms with Crippen molar-refractivity contribution >= 4 is 0 Å². The van der Waals surface area contributed by atoms with Crippen molar-refractivity contribution < 1.29 is 0 Å². The predicted octanol–water partition coefficient (Wildman–Crippen LogP) is 1.51. The molecule has 1 nitrogen and oxygen atoms in total. The molecule has 0 saturated heterocycles. The summed E-state index contributed by atoms with van der Waals surface area (Å²) < 4.78 is 0. The van der Waals surface area contributed by atoms with Gasteiger partial charge in [0.15, 0.2) is 0 Å². The number of nitriles is 1. The maximum Gasteiger partial charge on any atom is 0.0627 e. The molecule has 37 valence electrons. The summed E-state index contributed by atoms with van der Waals surface area (Å²) in [6, 6.07) is 2.11. The van der Waals surface area contributed by atoms with Crippen molar-refractivity contribution in [1.29, 1.82) is 5.26 Å². The molecule has 1 heteroatoms. The molecule has 1 aliphatic carbocycles. The zero-order chi connectivity index (χ0) is 5.33. The first-order valence-electron chi connectivity index (χ1n) is 2.49. The number of nitrogens with zero attached hydrogens (tertiary/aromatic N) is 1. The average molecular weight is 94.1 g/mol. The van der Waals surface area contributed by atoms with Crippen LogP contribution < -0.4 is 0 Å². The second-order valence-corrected chi connectivity index (χ2v) is 2.33. The van der Waals surface area contributed by atoms with E-state index in [0.717, 1.165) is 12.8 Å². The molecule has 1 radical (unpaired) electrons. The second-order valence-electron chi connectivity index (χ2n) is 2.33. The zero-order valence-electron chi connectivity index (χ0n) is 4.28. The summed E-state index contributed by atoms with van der Waals surface area (Å²) >= 11 is 0. The fourth-order valence-corrected chi connectivity index (χ4v) is 0.521. The van der Waals surface area contributed by atoms with E-state index in [4.69, 9.17) is 5.26 Å². The van der Waals surface area contributed by atoms with E-state index in [0.29, 0.717) is 6.42 Å². The smallest absolute Gasteiger partial charge is 0.0627 e. The third-order valence-corrected chi connectivity index (χ3v) is 1.41. The molecule has 0 atom stereocenters. The predicted molar refractivity (Wildman–Crippen MR) is 27.3 cm³/mol. The van der Waals surface area contributed by atoms with E-state index < -0.39 is 0 Å². The number of hydrogen-bond acceptors (Lipinski definition) is 1. The average Bonchev–Trinajstić information content (AvgIpc) is 2.22. The van der Waals surface area contributed by atoms with Crippen molar-refractivity contribution in [3.63, 3.8) is 0 Å². The van der Waals surface area contributed by atoms with Crippen molar-refractivity contribution in [1.82, 2.24) is 0 Å². The van der Waals surface area contributed by atoms with Gasteiger partial charge >= 0.3 is 0 Å². The monoisotopic (exact) mass is 94.1 g/mol. The third kappa shape index (κ3) is 0.928. The molecule has 0 N–H and O–H groups in total. The van der Waals surface area contributed by atoms with Crippen LogP contribution in [0.3, 0.4) is 0 Å². The Kier molecular flexibility index (Phi) is 0.815. The topological polar surface area (TPSA) is 23.8 Å². The van der Waals surface area contributed by atoms with Crippen molar-refractivity contribution in [3.05, 3.63) is 6.92 Å². The van der Waals surface area contributed by atoms with E-state index in [-0.39, 0.29) is 5.41 Å². The molecule has 0 aliphatic heterocycles. The van der Waals surface area contributed by atoms with Crippen LogP contribution in [-0.4, -0.2) is 0 Å². The van der Waals surface area contributed by atoms with E-state index in [1.807, 2.05) is 0 Å². The van der Waals surface area contributed by atoms with Crippen molar-refractivity contribution in [2.45, 2.75) is 19.3 Å². The van der Waals surface area contributed by atoms with E-state index in [2.05, 4.69) is 13.0 Å². The molecular formula is C6H8N. The van der Waals surface area contributed by atoms with Crippen LogP contribution in [0.1, 0.15) is 19.3 Å². The molecule has 1 fully saturated rings. The molecule has 0 spiro atoms. The van der Waals surface area contributed by atoms with Crippen LogP contribution in [0.15, 0.2) is 0 Å². The lowest BCUT2D eigenvalue weighted by Crippen LogP contribution is -1.87. The maximum absolute atomic E-state index is 8.15. The lowest BCUT2D eigenvalue weighted by molar-refractivity contribution is 0.669. The maximum atomic E-state index is 8.15. The summed E-state index contributed by atoms with van der Waals surface area (Å²) in [5, 5.41) is 8.15. The largest absolute Gasteiger partial charge is 0.198 e. The molecule has 1 rings (SSSR count). The van der Waals surface area contributed by atoms with Gasteiger partial charge in [-0.1, -0.05) is 0 Å². The summed E-state index contributed by atoms with van der Waals surface area (Å²) in [5.41, 5.74) is 0.189. The van der Waals surface area contributed by atoms with E-state index in [1.54, 1.807) is 0 Å². The highest BCUT2D eigenvalue weighted by atomic mass is 14.4. The van der Waals surface area contributed by atoms with Crippen LogP contribution in [-0.2, 0) is 0 Å². The highest BCUT2D eigenvalue weighted by Gasteiger charge is 2.36. The van der Waals surface area contributed by atoms with Gasteiger partial charge in [0.25, 0.3) is 0 Å². The van der Waals surface area contributed by atoms with Crippen molar-refractivity contribution in [2.24, 2.45) is 5.41 Å². The number of rotatable bonds is 1. The third-order valence-electron chi connectivity index (χ3n) is 1.41. The van der Waals surface area contributed by atoms with Crippen LogP contribution in [0.5, 0.6) is 0 Å². The van der Waals surface area contributed by atoms with Gasteiger partial charge in [-0.2, -0.15) is 5.26 Å². The lowest BCUT2D eigenvalue weighted by Gasteiger charge is -1.94. The highest BCUT2D eigenvalue weighted by molar-refractivity contribution is 5.00. The summed E-state index contributed by atoms with van der Waals surface area (Å²) in [6.45, 7) is 3.85. The van der Waals surface area contributed by atoms with Gasteiger partial charge < -0.3 is 0 Å². The molecule has 1 saturated carbocycles. The van der Waals surface area contributed by atoms with Gasteiger partial charge in [0.05, 0.1) is 6.07 Å². The van der Waals surface area contributed by atoms with Crippen LogP contribution in [0.4, 0.5) is 0 Å². The Morgan fingerprint density at radius 2 is 2.29 bits per heavy atom. The standard InChI is InChI=1S/C6H8N/c1-6(2-3-6)4-5-7/h1-4H2. The Balaban J connectivity index is 2.30. The van der Waals surface area contributed by atoms with Gasteiger partial charge in [-0.05, 0) is 25.2 Å². The normalized spacial score (nSPS) is 23.4. The fourth-order valence-electron chi connectivity index (χ4n) is 0.521. The quantitative estimate of drug-likeness (QED) is 0.483. The molecule has 7 heavy (non-hydrogen) atoms. The molecule has 0 amide bonds. The van der Waals surface area contributed by atoms with Crippen LogP contribution in [0.2, 0.25) is 0 Å². The van der Waals surface area contributed by atoms with Gasteiger partial charge in [0.2, 0.25) is 0 Å². The van der Waals surface area contributed by atoms with E-state index in [9.17, 15) is 0 Å². The van der Waals surface area contributed by atoms with E-state index in [1.165, 1.54) is 0 Å². The van der Waals surface area contributed by atoms with Gasteiger partial charge in [-0.25, -0.2) is 0 Å². The first-order valence-corrected chi connectivity index (χ1v) is 2.49. The number of hydrogen-bond donors (Lipinski definition) is 0. The lowest BCUT2D eigenvalue weighted by atomic mass is 10.1. The minimum atomic E-state index is 0.189. The van der Waals surface area contributed by atoms with Crippen molar-refractivity contribution in [2.75, 3.05) is 0 Å². The summed E-state index contributed by atoms with van der Waals surface area (Å²) in [5.74, 6) is 0. The Hall–Kier alpha value is -0.510. The van der Waals surface area contributed by atoms with Gasteiger partial charge in [0.1, 0.15) is 0 Å². The second kappa shape index (κ2) is 1.23. The molecule has 0 aromatic carbocycles. The Bertz CT molecular complexity index is 106. The molecular weight excluding hydrogens is 86.1 g/mol. The van der Waals surface area contributed by atoms with Gasteiger partial charge in [-0.15, -0.1) is 0 Å². The van der Waals surface area contributed by atoms with Crippen LogP contribution in [0, 0.1) is 23.7 Å². The van der Waals surface area contributed by atoms with Gasteiger partial charge in [0, 0.05) is 6.42 Å². The summed E-state index contributed by atoms with van der Waals surface area (Å²) in [4.78, 5) is 0. The summed E-state index contributed by atoms with van der Waals surface area (Å²) in [6.07, 6.45) is 2.95. The minimum absolute atomic E-state index is 0.189. The fraction of sp³-hybridized carbons (Fsp3) is 0.667.